The Kier molecular flexibility index (Phi) is 26.9. The number of hydrogen-bond acceptors (Lipinski definition) is 16. The zero-order valence-electron chi connectivity index (χ0n) is 56.9. The molecule has 0 aliphatic carbocycles. The third-order valence-corrected chi connectivity index (χ3v) is 17.7. The van der Waals surface area contributed by atoms with Gasteiger partial charge in [-0.3, -0.25) is 38.4 Å². The minimum Gasteiger partial charge on any atom is -0.493 e. The lowest BCUT2D eigenvalue weighted by molar-refractivity contribution is -0.157. The summed E-state index contributed by atoms with van der Waals surface area (Å²) >= 11 is 0. The molecule has 0 radical (unpaired) electrons. The minimum absolute atomic E-state index is 0.0116. The van der Waals surface area contributed by atoms with Gasteiger partial charge in [-0.1, -0.05) is 97.1 Å². The Morgan fingerprint density at radius 2 is 1.24 bits per heavy atom. The molecule has 5 aromatic carbocycles. The molecule has 3 aliphatic heterocycles. The first kappa shape index (κ1) is 73.7. The van der Waals surface area contributed by atoms with Crippen molar-refractivity contribution in [2.24, 2.45) is 5.41 Å². The maximum absolute atomic E-state index is 15.1. The smallest absolute Gasteiger partial charge is 0.415 e. The van der Waals surface area contributed by atoms with E-state index in [0.29, 0.717) is 80.4 Å². The molecule has 0 aromatic heterocycles. The van der Waals surface area contributed by atoms with Crippen LogP contribution in [0.3, 0.4) is 0 Å². The van der Waals surface area contributed by atoms with Crippen molar-refractivity contribution in [2.45, 2.75) is 108 Å². The van der Waals surface area contributed by atoms with Crippen LogP contribution in [0.5, 0.6) is 23.0 Å². The first-order valence-electron chi connectivity index (χ1n) is 33.1. The highest BCUT2D eigenvalue weighted by atomic mass is 16.6. The quantitative estimate of drug-likeness (QED) is 0.0898. The van der Waals surface area contributed by atoms with E-state index in [2.05, 4.69) is 16.0 Å². The van der Waals surface area contributed by atoms with Crippen molar-refractivity contribution in [1.29, 1.82) is 0 Å². The first-order valence-corrected chi connectivity index (χ1v) is 33.1. The number of fused-ring (bicyclic) bond motifs is 3. The second-order valence-electron chi connectivity index (χ2n) is 25.4. The Balaban J connectivity index is 1.11. The number of benzene rings is 5. The Hall–Kier alpha value is -10.1. The number of piperidine rings is 1. The zero-order valence-corrected chi connectivity index (χ0v) is 56.9. The van der Waals surface area contributed by atoms with Gasteiger partial charge in [0.05, 0.1) is 45.4 Å². The Labute approximate surface area is 572 Å². The average molecular weight is 1350 g/mol. The summed E-state index contributed by atoms with van der Waals surface area (Å²) in [6.45, 7) is 3.23. The minimum atomic E-state index is -1.50. The third-order valence-electron chi connectivity index (χ3n) is 17.7. The van der Waals surface area contributed by atoms with Crippen LogP contribution in [0.2, 0.25) is 0 Å². The molecule has 522 valence electrons. The van der Waals surface area contributed by atoms with Gasteiger partial charge in [0, 0.05) is 66.2 Å². The molecule has 5 atom stereocenters. The number of carbonyl (C=O) groups excluding carboxylic acids is 10. The fraction of sp³-hybridized carbons (Fsp3) is 0.432. The van der Waals surface area contributed by atoms with Crippen LogP contribution in [-0.2, 0) is 78.3 Å². The van der Waals surface area contributed by atoms with Crippen LogP contribution >= 0.6 is 0 Å². The number of Topliss-reactive ketones (excluding diaryl/α,β-unsaturated/α-hetero) is 1. The van der Waals surface area contributed by atoms with Crippen LogP contribution in [0.1, 0.15) is 86.2 Å². The van der Waals surface area contributed by atoms with Crippen LogP contribution in [-0.4, -0.2) is 202 Å². The van der Waals surface area contributed by atoms with Crippen molar-refractivity contribution in [2.75, 3.05) is 94.5 Å². The Bertz CT molecular complexity index is 3620. The Morgan fingerprint density at radius 3 is 1.92 bits per heavy atom. The van der Waals surface area contributed by atoms with E-state index in [1.807, 2.05) is 36.4 Å². The monoisotopic (exact) mass is 1350 g/mol. The number of amides is 8. The summed E-state index contributed by atoms with van der Waals surface area (Å²) in [7, 11) is 7.49. The van der Waals surface area contributed by atoms with Gasteiger partial charge in [0.2, 0.25) is 35.3 Å². The highest BCUT2D eigenvalue weighted by Gasteiger charge is 2.42. The van der Waals surface area contributed by atoms with E-state index in [-0.39, 0.29) is 57.4 Å². The molecule has 0 unspecified atom stereocenters. The highest BCUT2D eigenvalue weighted by molar-refractivity contribution is 6.38. The number of aryl methyl sites for hydroxylation is 2. The SMILES string of the molecule is COc1ccc(CC[C@H]2NC(=O)[C@@H]3CCCCN3C(=O)C(=O)C(C)(C)COC(=O)/C=C/CCN(C)C(=O)[C@@H](Cc3ccccc3)NC(=O)CN(C)C(=O)[C@@H](Cc3ccccc3)NC(=O)[C@H](CCc3ccc(OC(=O)N4CCOCC4)cc3)N(C)C(=O)COc3cccc2c3)cc1OC. The summed E-state index contributed by atoms with van der Waals surface area (Å²) in [6.07, 6.45) is 4.79. The summed E-state index contributed by atoms with van der Waals surface area (Å²) < 4.78 is 33.9. The lowest BCUT2D eigenvalue weighted by Crippen LogP contribution is -2.57. The van der Waals surface area contributed by atoms with Crippen molar-refractivity contribution in [1.82, 2.24) is 40.4 Å². The molecule has 3 N–H and O–H groups in total. The maximum Gasteiger partial charge on any atom is 0.415 e. The van der Waals surface area contributed by atoms with Gasteiger partial charge < -0.3 is 68.9 Å². The highest BCUT2D eigenvalue weighted by Crippen LogP contribution is 2.32. The number of ether oxygens (including phenoxy) is 6. The number of methoxy groups -OCH3 is 2. The Morgan fingerprint density at radius 1 is 0.612 bits per heavy atom. The van der Waals surface area contributed by atoms with Gasteiger partial charge in [-0.25, -0.2) is 9.59 Å². The lowest BCUT2D eigenvalue weighted by atomic mass is 9.87. The summed E-state index contributed by atoms with van der Waals surface area (Å²) in [6, 6.07) is 31.8. The molecule has 24 heteroatoms. The molecule has 8 amide bonds. The molecule has 2 saturated heterocycles. The van der Waals surface area contributed by atoms with Gasteiger partial charge in [-0.15, -0.1) is 0 Å². The molecule has 3 aliphatic rings. The number of morpholine rings is 1. The summed E-state index contributed by atoms with van der Waals surface area (Å²) in [5, 5.41) is 8.94. The number of likely N-dealkylation sites (N-methyl/N-ethyl adjacent to an activating group) is 3. The normalized spacial score (nSPS) is 21.5. The number of carbonyl (C=O) groups is 10. The van der Waals surface area contributed by atoms with Gasteiger partial charge in [-0.05, 0) is 129 Å². The van der Waals surface area contributed by atoms with E-state index in [1.165, 1.54) is 69.0 Å². The molecule has 0 saturated carbocycles. The number of hydrogen-bond donors (Lipinski definition) is 3. The molecule has 5 aromatic rings. The van der Waals surface area contributed by atoms with Crippen LogP contribution in [0, 0.1) is 5.41 Å². The van der Waals surface area contributed by atoms with Crippen LogP contribution in [0.25, 0.3) is 0 Å². The van der Waals surface area contributed by atoms with Crippen LogP contribution in [0.15, 0.2) is 140 Å². The second-order valence-corrected chi connectivity index (χ2v) is 25.4. The van der Waals surface area contributed by atoms with E-state index in [4.69, 9.17) is 28.4 Å². The summed E-state index contributed by atoms with van der Waals surface area (Å²) in [5.41, 5.74) is 2.09. The largest absolute Gasteiger partial charge is 0.493 e. The average Bonchev–Trinajstić information content (AvgIpc) is 0.814. The van der Waals surface area contributed by atoms with Gasteiger partial charge in [-0.2, -0.15) is 0 Å². The number of nitrogens with zero attached hydrogens (tertiary/aromatic N) is 5. The molecule has 98 heavy (non-hydrogen) atoms. The van der Waals surface area contributed by atoms with Crippen LogP contribution < -0.4 is 34.9 Å². The summed E-state index contributed by atoms with van der Waals surface area (Å²) in [4.78, 5) is 149. The second kappa shape index (κ2) is 35.8. The fourth-order valence-corrected chi connectivity index (χ4v) is 11.8. The summed E-state index contributed by atoms with van der Waals surface area (Å²) in [5.74, 6) is -4.56. The van der Waals surface area contributed by atoms with E-state index >= 15 is 4.79 Å². The van der Waals surface area contributed by atoms with Crippen molar-refractivity contribution >= 4 is 59.2 Å². The fourth-order valence-electron chi connectivity index (χ4n) is 11.8. The standard InChI is InChI=1S/C74H90N8O16/c1-74(2)49-97-66(85)26-15-16-37-78(3)70(89)58(43-51-19-10-8-11-20-51)75-64(83)47-79(4)71(90)59(44-52-21-12-9-13-22-52)77-68(87)60(35-30-50-27-32-55(33-28-50)98-73(92)81-39-41-95-42-40-81)80(5)65(84)48-96-56-24-18-23-54(46-56)57(34-29-53-31-36-62(93-6)63(45-53)94-7)76-69(88)61-25-14-17-38-82(61)72(91)67(74)86/h8-13,15,18-24,26-28,31-33,36,45-46,57-61H,14,16-17,25,29-30,34-35,37-44,47-49H2,1-7H3,(H,75,83)(H,76,88)(H,77,87)/b26-15+/t57-,58-,59-,60+,61+/m1/s1. The van der Waals surface area contributed by atoms with E-state index in [0.717, 1.165) is 21.6 Å². The molecule has 24 nitrogen and oxygen atoms in total. The van der Waals surface area contributed by atoms with Crippen molar-refractivity contribution in [3.63, 3.8) is 0 Å². The molecule has 8 rings (SSSR count). The molecule has 2 fully saturated rings. The van der Waals surface area contributed by atoms with Gasteiger partial charge in [0.1, 0.15) is 42.3 Å². The number of rotatable bonds is 13. The van der Waals surface area contributed by atoms with Crippen molar-refractivity contribution < 1.29 is 76.4 Å². The predicted octanol–water partition coefficient (Wildman–Crippen LogP) is 6.01. The molecular formula is C74H90N8O16. The molecule has 2 bridgehead atoms. The molecular weight excluding hydrogens is 1260 g/mol. The van der Waals surface area contributed by atoms with Crippen molar-refractivity contribution in [3.8, 4) is 23.0 Å². The van der Waals surface area contributed by atoms with Gasteiger partial charge in [0.15, 0.2) is 18.1 Å². The number of nitrogens with one attached hydrogen (secondary N) is 3. The molecule has 0 spiro atoms. The van der Waals surface area contributed by atoms with E-state index in [9.17, 15) is 43.2 Å². The number of cyclic esters (lactones) is 1. The predicted molar refractivity (Wildman–Crippen MR) is 363 cm³/mol. The maximum atomic E-state index is 15.1. The zero-order chi connectivity index (χ0) is 70.3. The van der Waals surface area contributed by atoms with Gasteiger partial charge >= 0.3 is 12.1 Å². The van der Waals surface area contributed by atoms with Crippen molar-refractivity contribution in [3.05, 3.63) is 167 Å². The number of ketones is 1. The topological polar surface area (TPSA) is 278 Å². The third kappa shape index (κ3) is 21.0. The van der Waals surface area contributed by atoms with Crippen LogP contribution in [0.4, 0.5) is 4.79 Å². The number of esters is 1. The first-order chi connectivity index (χ1) is 47.1. The van der Waals surface area contributed by atoms with E-state index in [1.54, 1.807) is 103 Å². The molecule has 3 heterocycles. The van der Waals surface area contributed by atoms with E-state index < -0.39 is 115 Å². The lowest BCUT2D eigenvalue weighted by Gasteiger charge is -2.36. The van der Waals surface area contributed by atoms with Gasteiger partial charge in [0.25, 0.3) is 11.8 Å².